The Morgan fingerprint density at radius 1 is 1.42 bits per heavy atom. The van der Waals surface area contributed by atoms with Gasteiger partial charge in [-0.1, -0.05) is 6.07 Å². The van der Waals surface area contributed by atoms with Gasteiger partial charge in [-0.3, -0.25) is 4.98 Å². The van der Waals surface area contributed by atoms with E-state index in [9.17, 15) is 0 Å². The molecule has 12 heavy (non-hydrogen) atoms. The van der Waals surface area contributed by atoms with Gasteiger partial charge in [-0.05, 0) is 32.9 Å². The van der Waals surface area contributed by atoms with E-state index in [2.05, 4.69) is 11.1 Å². The molecule has 0 radical (unpaired) electrons. The molecule has 0 saturated carbocycles. The van der Waals surface area contributed by atoms with Gasteiger partial charge in [0.05, 0.1) is 17.2 Å². The predicted octanol–water partition coefficient (Wildman–Crippen LogP) is 2.19. The molecule has 0 aliphatic heterocycles. The lowest BCUT2D eigenvalue weighted by atomic mass is 9.91. The average Bonchev–Trinajstić information content (AvgIpc) is 2.05. The lowest BCUT2D eigenvalue weighted by Gasteiger charge is -2.14. The summed E-state index contributed by atoms with van der Waals surface area (Å²) >= 11 is 0. The summed E-state index contributed by atoms with van der Waals surface area (Å²) in [6.07, 6.45) is 0. The fourth-order valence-corrected chi connectivity index (χ4v) is 0.948. The van der Waals surface area contributed by atoms with Gasteiger partial charge in [0, 0.05) is 5.69 Å². The zero-order chi connectivity index (χ0) is 9.19. The summed E-state index contributed by atoms with van der Waals surface area (Å²) in [6.45, 7) is 5.67. The summed E-state index contributed by atoms with van der Waals surface area (Å²) < 4.78 is 0. The maximum atomic E-state index is 8.85. The van der Waals surface area contributed by atoms with E-state index >= 15 is 0 Å². The molecule has 0 fully saturated rings. The Morgan fingerprint density at radius 2 is 2.08 bits per heavy atom. The van der Waals surface area contributed by atoms with Crippen molar-refractivity contribution in [1.29, 1.82) is 5.26 Å². The largest absolute Gasteiger partial charge is 0.257 e. The van der Waals surface area contributed by atoms with Gasteiger partial charge in [-0.15, -0.1) is 0 Å². The molecule has 0 N–H and O–H groups in total. The van der Waals surface area contributed by atoms with E-state index in [1.807, 2.05) is 39.0 Å². The molecule has 2 nitrogen and oxygen atoms in total. The number of rotatable bonds is 1. The minimum Gasteiger partial charge on any atom is -0.257 e. The molecule has 1 heterocycles. The van der Waals surface area contributed by atoms with E-state index in [0.29, 0.717) is 0 Å². The topological polar surface area (TPSA) is 36.7 Å². The number of aromatic nitrogens is 1. The van der Waals surface area contributed by atoms with Gasteiger partial charge >= 0.3 is 0 Å². The van der Waals surface area contributed by atoms with Crippen LogP contribution in [0.4, 0.5) is 0 Å². The second-order valence-electron chi connectivity index (χ2n) is 3.40. The summed E-state index contributed by atoms with van der Waals surface area (Å²) in [5.74, 6) is 0. The van der Waals surface area contributed by atoms with Crippen LogP contribution in [-0.4, -0.2) is 4.98 Å². The Bertz CT molecular complexity index is 321. The number of hydrogen-bond acceptors (Lipinski definition) is 2. The van der Waals surface area contributed by atoms with E-state index in [4.69, 9.17) is 5.26 Å². The molecule has 0 unspecified atom stereocenters. The maximum Gasteiger partial charge on any atom is 0.0937 e. The molecule has 1 aromatic rings. The van der Waals surface area contributed by atoms with E-state index in [1.54, 1.807) is 0 Å². The van der Waals surface area contributed by atoms with E-state index < -0.39 is 5.41 Å². The molecular formula is C10H12N2. The first-order chi connectivity index (χ1) is 5.56. The van der Waals surface area contributed by atoms with Crippen molar-refractivity contribution in [1.82, 2.24) is 4.98 Å². The smallest absolute Gasteiger partial charge is 0.0937 e. The number of nitriles is 1. The predicted molar refractivity (Wildman–Crippen MR) is 47.6 cm³/mol. The first kappa shape index (κ1) is 8.73. The van der Waals surface area contributed by atoms with Crippen LogP contribution in [0.15, 0.2) is 18.2 Å². The molecule has 2 heteroatoms. The Morgan fingerprint density at radius 3 is 2.58 bits per heavy atom. The monoisotopic (exact) mass is 160 g/mol. The number of aryl methyl sites for hydroxylation is 1. The standard InChI is InChI=1S/C10H12N2/c1-8-5-4-6-9(12-8)10(2,3)7-11/h4-6H,1-3H3. The molecule has 0 saturated heterocycles. The van der Waals surface area contributed by atoms with E-state index in [-0.39, 0.29) is 0 Å². The van der Waals surface area contributed by atoms with Gasteiger partial charge in [0.25, 0.3) is 0 Å². The van der Waals surface area contributed by atoms with Gasteiger partial charge < -0.3 is 0 Å². The highest BCUT2D eigenvalue weighted by Crippen LogP contribution is 2.19. The van der Waals surface area contributed by atoms with Gasteiger partial charge in [-0.2, -0.15) is 5.26 Å². The molecule has 0 aliphatic carbocycles. The Balaban J connectivity index is 3.14. The molecule has 0 aromatic carbocycles. The lowest BCUT2D eigenvalue weighted by molar-refractivity contribution is 0.656. The Kier molecular flexibility index (Phi) is 2.14. The van der Waals surface area contributed by atoms with Crippen LogP contribution in [-0.2, 0) is 5.41 Å². The summed E-state index contributed by atoms with van der Waals surface area (Å²) in [4.78, 5) is 4.29. The molecule has 0 aliphatic rings. The molecular weight excluding hydrogens is 148 g/mol. The van der Waals surface area contributed by atoms with Crippen molar-refractivity contribution >= 4 is 0 Å². The molecule has 1 rings (SSSR count). The fourth-order valence-electron chi connectivity index (χ4n) is 0.948. The third kappa shape index (κ3) is 1.62. The second kappa shape index (κ2) is 2.94. The average molecular weight is 160 g/mol. The van der Waals surface area contributed by atoms with Gasteiger partial charge in [0.2, 0.25) is 0 Å². The number of nitrogens with zero attached hydrogens (tertiary/aromatic N) is 2. The third-order valence-corrected chi connectivity index (χ3v) is 1.81. The molecule has 1 aromatic heterocycles. The first-order valence-corrected chi connectivity index (χ1v) is 3.91. The van der Waals surface area contributed by atoms with Crippen LogP contribution in [0, 0.1) is 18.3 Å². The molecule has 62 valence electrons. The van der Waals surface area contributed by atoms with Crippen LogP contribution in [0.2, 0.25) is 0 Å². The SMILES string of the molecule is Cc1cccc(C(C)(C)C#N)n1. The summed E-state index contributed by atoms with van der Waals surface area (Å²) in [5, 5.41) is 8.85. The highest BCUT2D eigenvalue weighted by atomic mass is 14.7. The quantitative estimate of drug-likeness (QED) is 0.631. The third-order valence-electron chi connectivity index (χ3n) is 1.81. The molecule has 0 amide bonds. The summed E-state index contributed by atoms with van der Waals surface area (Å²) in [7, 11) is 0. The van der Waals surface area contributed by atoms with Crippen LogP contribution < -0.4 is 0 Å². The van der Waals surface area contributed by atoms with Crippen LogP contribution >= 0.6 is 0 Å². The van der Waals surface area contributed by atoms with Crippen molar-refractivity contribution in [3.05, 3.63) is 29.6 Å². The number of pyridine rings is 1. The van der Waals surface area contributed by atoms with Crippen LogP contribution in [0.1, 0.15) is 25.2 Å². The highest BCUT2D eigenvalue weighted by molar-refractivity contribution is 5.24. The highest BCUT2D eigenvalue weighted by Gasteiger charge is 2.20. The van der Waals surface area contributed by atoms with Crippen molar-refractivity contribution in [2.24, 2.45) is 0 Å². The van der Waals surface area contributed by atoms with Crippen molar-refractivity contribution in [3.8, 4) is 6.07 Å². The van der Waals surface area contributed by atoms with Crippen molar-refractivity contribution < 1.29 is 0 Å². The van der Waals surface area contributed by atoms with Crippen LogP contribution in [0.3, 0.4) is 0 Å². The minimum atomic E-state index is -0.480. The van der Waals surface area contributed by atoms with Crippen molar-refractivity contribution in [2.45, 2.75) is 26.2 Å². The van der Waals surface area contributed by atoms with Gasteiger partial charge in [0.15, 0.2) is 0 Å². The molecule has 0 spiro atoms. The molecule has 0 bridgehead atoms. The second-order valence-corrected chi connectivity index (χ2v) is 3.40. The summed E-state index contributed by atoms with van der Waals surface area (Å²) in [6, 6.07) is 7.96. The van der Waals surface area contributed by atoms with Gasteiger partial charge in [-0.25, -0.2) is 0 Å². The van der Waals surface area contributed by atoms with Crippen molar-refractivity contribution in [2.75, 3.05) is 0 Å². The number of hydrogen-bond donors (Lipinski definition) is 0. The fraction of sp³-hybridized carbons (Fsp3) is 0.400. The Hall–Kier alpha value is -1.36. The normalized spacial score (nSPS) is 10.8. The van der Waals surface area contributed by atoms with Gasteiger partial charge in [0.1, 0.15) is 0 Å². The minimum absolute atomic E-state index is 0.480. The van der Waals surface area contributed by atoms with Crippen LogP contribution in [0.5, 0.6) is 0 Å². The van der Waals surface area contributed by atoms with E-state index in [1.165, 1.54) is 0 Å². The first-order valence-electron chi connectivity index (χ1n) is 3.91. The van der Waals surface area contributed by atoms with E-state index in [0.717, 1.165) is 11.4 Å². The Labute approximate surface area is 72.9 Å². The summed E-state index contributed by atoms with van der Waals surface area (Å²) in [5.41, 5.74) is 1.31. The van der Waals surface area contributed by atoms with Crippen LogP contribution in [0.25, 0.3) is 0 Å². The zero-order valence-electron chi connectivity index (χ0n) is 7.63. The molecule has 0 atom stereocenters. The zero-order valence-corrected chi connectivity index (χ0v) is 7.63. The maximum absolute atomic E-state index is 8.85. The lowest BCUT2D eigenvalue weighted by Crippen LogP contribution is -2.16. The van der Waals surface area contributed by atoms with Crippen molar-refractivity contribution in [3.63, 3.8) is 0 Å².